The SMILES string of the molecule is COc1cc(NC(=O)CSc2nnc(-c3cccnc3)n2[C@@H]2CCCC[C@H]2C)c(C)cc1[N+](=O)[O-]. The van der Waals surface area contributed by atoms with Crippen molar-refractivity contribution in [3.63, 3.8) is 0 Å². The van der Waals surface area contributed by atoms with E-state index < -0.39 is 4.92 Å². The van der Waals surface area contributed by atoms with Crippen LogP contribution in [0.4, 0.5) is 11.4 Å². The molecule has 0 unspecified atom stereocenters. The summed E-state index contributed by atoms with van der Waals surface area (Å²) in [7, 11) is 1.36. The van der Waals surface area contributed by atoms with Crippen molar-refractivity contribution in [2.45, 2.75) is 50.7 Å². The summed E-state index contributed by atoms with van der Waals surface area (Å²) in [6.45, 7) is 3.96. The number of carbonyl (C=O) groups excluding carboxylic acids is 1. The number of benzene rings is 1. The van der Waals surface area contributed by atoms with E-state index in [1.54, 1.807) is 19.3 Å². The van der Waals surface area contributed by atoms with E-state index in [9.17, 15) is 14.9 Å². The van der Waals surface area contributed by atoms with Crippen LogP contribution in [0.15, 0.2) is 41.8 Å². The lowest BCUT2D eigenvalue weighted by atomic mass is 9.85. The smallest absolute Gasteiger partial charge is 0.311 e. The number of nitrogens with one attached hydrogen (secondary N) is 1. The molecule has 0 aliphatic heterocycles. The molecule has 1 aliphatic rings. The number of methoxy groups -OCH3 is 1. The minimum Gasteiger partial charge on any atom is -0.490 e. The molecule has 1 N–H and O–H groups in total. The highest BCUT2D eigenvalue weighted by Gasteiger charge is 2.29. The second-order valence-corrected chi connectivity index (χ2v) is 9.62. The number of anilines is 1. The van der Waals surface area contributed by atoms with Gasteiger partial charge in [-0.3, -0.25) is 24.5 Å². The molecule has 4 rings (SSSR count). The van der Waals surface area contributed by atoms with Crippen molar-refractivity contribution < 1.29 is 14.5 Å². The second kappa shape index (κ2) is 10.9. The zero-order valence-electron chi connectivity index (χ0n) is 19.9. The molecule has 2 aromatic heterocycles. The lowest BCUT2D eigenvalue weighted by Gasteiger charge is -2.31. The van der Waals surface area contributed by atoms with Gasteiger partial charge in [-0.15, -0.1) is 10.2 Å². The van der Waals surface area contributed by atoms with E-state index >= 15 is 0 Å². The summed E-state index contributed by atoms with van der Waals surface area (Å²) in [5.41, 5.74) is 1.79. The molecule has 2 heterocycles. The van der Waals surface area contributed by atoms with Crippen molar-refractivity contribution in [1.82, 2.24) is 19.7 Å². The number of pyridine rings is 1. The van der Waals surface area contributed by atoms with Gasteiger partial charge in [0.25, 0.3) is 0 Å². The predicted octanol–water partition coefficient (Wildman–Crippen LogP) is 5.05. The largest absolute Gasteiger partial charge is 0.490 e. The van der Waals surface area contributed by atoms with E-state index in [2.05, 4.69) is 32.0 Å². The number of nitrogens with zero attached hydrogens (tertiary/aromatic N) is 5. The van der Waals surface area contributed by atoms with Crippen molar-refractivity contribution in [3.05, 3.63) is 52.3 Å². The molecule has 0 spiro atoms. The fraction of sp³-hybridized carbons (Fsp3) is 0.417. The molecule has 1 aliphatic carbocycles. The number of aryl methyl sites for hydroxylation is 1. The van der Waals surface area contributed by atoms with Crippen LogP contribution in [0.5, 0.6) is 5.75 Å². The number of ether oxygens (including phenoxy) is 1. The van der Waals surface area contributed by atoms with E-state index in [4.69, 9.17) is 4.74 Å². The van der Waals surface area contributed by atoms with Gasteiger partial charge >= 0.3 is 5.69 Å². The van der Waals surface area contributed by atoms with E-state index in [1.165, 1.54) is 37.4 Å². The molecule has 2 atom stereocenters. The first-order valence-electron chi connectivity index (χ1n) is 11.5. The first kappa shape index (κ1) is 24.6. The first-order valence-corrected chi connectivity index (χ1v) is 12.5. The lowest BCUT2D eigenvalue weighted by molar-refractivity contribution is -0.385. The Morgan fingerprint density at radius 1 is 1.31 bits per heavy atom. The van der Waals surface area contributed by atoms with Gasteiger partial charge in [-0.1, -0.05) is 31.5 Å². The quantitative estimate of drug-likeness (QED) is 0.261. The number of hydrogen-bond acceptors (Lipinski definition) is 8. The number of hydrogen-bond donors (Lipinski definition) is 1. The van der Waals surface area contributed by atoms with Crippen LogP contribution >= 0.6 is 11.8 Å². The second-order valence-electron chi connectivity index (χ2n) is 8.68. The van der Waals surface area contributed by atoms with Gasteiger partial charge in [0.2, 0.25) is 5.91 Å². The molecule has 0 radical (unpaired) electrons. The van der Waals surface area contributed by atoms with Crippen LogP contribution in [-0.2, 0) is 4.79 Å². The van der Waals surface area contributed by atoms with Gasteiger partial charge in [-0.2, -0.15) is 0 Å². The van der Waals surface area contributed by atoms with Crippen LogP contribution in [-0.4, -0.2) is 43.4 Å². The van der Waals surface area contributed by atoms with Gasteiger partial charge in [0.1, 0.15) is 0 Å². The Morgan fingerprint density at radius 2 is 2.11 bits per heavy atom. The number of rotatable bonds is 8. The molecule has 35 heavy (non-hydrogen) atoms. The Bertz CT molecular complexity index is 1220. The minimum atomic E-state index is -0.508. The third-order valence-electron chi connectivity index (χ3n) is 6.31. The van der Waals surface area contributed by atoms with Crippen LogP contribution in [0.3, 0.4) is 0 Å². The fourth-order valence-corrected chi connectivity index (χ4v) is 5.27. The first-order chi connectivity index (χ1) is 16.9. The Morgan fingerprint density at radius 3 is 2.80 bits per heavy atom. The van der Waals surface area contributed by atoms with Gasteiger partial charge < -0.3 is 10.1 Å². The van der Waals surface area contributed by atoms with Crippen molar-refractivity contribution >= 4 is 29.0 Å². The van der Waals surface area contributed by atoms with Gasteiger partial charge in [0.05, 0.1) is 17.8 Å². The molecule has 1 fully saturated rings. The van der Waals surface area contributed by atoms with E-state index in [0.717, 1.165) is 30.7 Å². The molecule has 10 nitrogen and oxygen atoms in total. The third-order valence-corrected chi connectivity index (χ3v) is 7.25. The normalized spacial score (nSPS) is 17.7. The molecule has 1 aromatic carbocycles. The van der Waals surface area contributed by atoms with Crippen molar-refractivity contribution in [3.8, 4) is 17.1 Å². The monoisotopic (exact) mass is 496 g/mol. The molecule has 11 heteroatoms. The van der Waals surface area contributed by atoms with Gasteiger partial charge in [0.15, 0.2) is 16.7 Å². The molecule has 1 saturated carbocycles. The summed E-state index contributed by atoms with van der Waals surface area (Å²) < 4.78 is 7.29. The maximum atomic E-state index is 12.8. The number of amides is 1. The zero-order valence-corrected chi connectivity index (χ0v) is 20.7. The number of aromatic nitrogens is 4. The molecule has 184 valence electrons. The Kier molecular flexibility index (Phi) is 7.64. The summed E-state index contributed by atoms with van der Waals surface area (Å²) >= 11 is 1.33. The average Bonchev–Trinajstić information content (AvgIpc) is 3.28. The summed E-state index contributed by atoms with van der Waals surface area (Å²) in [6, 6.07) is 6.96. The van der Waals surface area contributed by atoms with Crippen molar-refractivity contribution in [2.24, 2.45) is 5.92 Å². The Balaban J connectivity index is 1.54. The topological polar surface area (TPSA) is 125 Å². The molecular formula is C24H28N6O4S. The molecule has 0 saturated heterocycles. The van der Waals surface area contributed by atoms with Crippen LogP contribution < -0.4 is 10.1 Å². The standard InChI is InChI=1S/C24H28N6O4S/c1-15-7-4-5-9-19(15)29-23(17-8-6-10-25-13-17)27-28-24(29)35-14-22(31)26-18-12-21(34-3)20(30(32)33)11-16(18)2/h6,8,10-13,15,19H,4-5,7,9,14H2,1-3H3,(H,26,31)/t15-,19-/m1/s1. The molecular weight excluding hydrogens is 468 g/mol. The van der Waals surface area contributed by atoms with E-state index in [-0.39, 0.29) is 29.1 Å². The average molecular weight is 497 g/mol. The third kappa shape index (κ3) is 5.45. The fourth-order valence-electron chi connectivity index (χ4n) is 4.48. The van der Waals surface area contributed by atoms with Crippen molar-refractivity contribution in [2.75, 3.05) is 18.2 Å². The highest BCUT2D eigenvalue weighted by Crippen LogP contribution is 2.39. The zero-order chi connectivity index (χ0) is 24.9. The maximum Gasteiger partial charge on any atom is 0.311 e. The van der Waals surface area contributed by atoms with Gasteiger partial charge in [-0.05, 0) is 43.4 Å². The van der Waals surface area contributed by atoms with Crippen LogP contribution in [0.1, 0.15) is 44.2 Å². The maximum absolute atomic E-state index is 12.8. The Hall–Kier alpha value is -3.47. The van der Waals surface area contributed by atoms with Gasteiger partial charge in [-0.25, -0.2) is 0 Å². The van der Waals surface area contributed by atoms with E-state index in [1.807, 2.05) is 12.1 Å². The number of nitro benzene ring substituents is 1. The highest BCUT2D eigenvalue weighted by molar-refractivity contribution is 7.99. The number of nitro groups is 1. The highest BCUT2D eigenvalue weighted by atomic mass is 32.2. The van der Waals surface area contributed by atoms with Gasteiger partial charge in [0, 0.05) is 41.8 Å². The summed E-state index contributed by atoms with van der Waals surface area (Å²) in [5, 5.41) is 23.7. The number of carbonyl (C=O) groups is 1. The van der Waals surface area contributed by atoms with E-state index in [0.29, 0.717) is 22.3 Å². The van der Waals surface area contributed by atoms with Crippen LogP contribution in [0, 0.1) is 23.0 Å². The molecule has 3 aromatic rings. The lowest BCUT2D eigenvalue weighted by Crippen LogP contribution is -2.23. The number of thioether (sulfide) groups is 1. The Labute approximate surface area is 207 Å². The van der Waals surface area contributed by atoms with Crippen LogP contribution in [0.25, 0.3) is 11.4 Å². The van der Waals surface area contributed by atoms with Crippen LogP contribution in [0.2, 0.25) is 0 Å². The molecule has 0 bridgehead atoms. The van der Waals surface area contributed by atoms with Crippen molar-refractivity contribution in [1.29, 1.82) is 0 Å². The summed E-state index contributed by atoms with van der Waals surface area (Å²) in [4.78, 5) is 27.8. The minimum absolute atomic E-state index is 0.0932. The predicted molar refractivity (Wildman–Crippen MR) is 134 cm³/mol. The molecule has 1 amide bonds. The summed E-state index contributed by atoms with van der Waals surface area (Å²) in [6.07, 6.45) is 8.04. The summed E-state index contributed by atoms with van der Waals surface area (Å²) in [5.74, 6) is 1.19.